The van der Waals surface area contributed by atoms with Gasteiger partial charge in [-0.25, -0.2) is 0 Å². The lowest BCUT2D eigenvalue weighted by Crippen LogP contribution is -2.32. The summed E-state index contributed by atoms with van der Waals surface area (Å²) >= 11 is 14.3. The van der Waals surface area contributed by atoms with Crippen LogP contribution in [0.4, 0.5) is 0 Å². The first kappa shape index (κ1) is 19.0. The van der Waals surface area contributed by atoms with E-state index in [1.165, 1.54) is 28.9 Å². The van der Waals surface area contributed by atoms with Gasteiger partial charge in [0.15, 0.2) is 0 Å². The third kappa shape index (κ3) is 3.22. The summed E-state index contributed by atoms with van der Waals surface area (Å²) in [6.45, 7) is 2.51. The summed E-state index contributed by atoms with van der Waals surface area (Å²) < 4.78 is 0. The average molecular weight is 422 g/mol. The Hall–Kier alpha value is -1.36. The van der Waals surface area contributed by atoms with E-state index in [0.29, 0.717) is 15.3 Å². The van der Waals surface area contributed by atoms with Crippen LogP contribution in [0.15, 0.2) is 46.0 Å². The number of carboxylic acid groups (broad SMARTS) is 1. The zero-order chi connectivity index (χ0) is 19.3. The number of aliphatic carboxylic acids is 1. The van der Waals surface area contributed by atoms with Crippen molar-refractivity contribution in [1.29, 1.82) is 0 Å². The lowest BCUT2D eigenvalue weighted by Gasteiger charge is -2.34. The minimum atomic E-state index is -0.821. The minimum Gasteiger partial charge on any atom is -0.481 e. The number of hydrogen-bond donors (Lipinski definition) is 1. The number of carboxylic acids is 1. The molecule has 0 fully saturated rings. The third-order valence-corrected chi connectivity index (χ3v) is 7.74. The molecule has 2 atom stereocenters. The molecular formula is C21H21Cl2NO2S. The fraction of sp³-hybridized carbons (Fsp3) is 0.381. The van der Waals surface area contributed by atoms with E-state index in [1.54, 1.807) is 13.0 Å². The summed E-state index contributed by atoms with van der Waals surface area (Å²) in [4.78, 5) is 15.1. The molecule has 0 bridgehead atoms. The number of carbonyl (C=O) groups is 1. The molecule has 0 saturated heterocycles. The van der Waals surface area contributed by atoms with Gasteiger partial charge >= 0.3 is 5.97 Å². The molecule has 1 aliphatic carbocycles. The highest BCUT2D eigenvalue weighted by Gasteiger charge is 2.40. The monoisotopic (exact) mass is 421 g/mol. The summed E-state index contributed by atoms with van der Waals surface area (Å²) in [5.41, 5.74) is 5.54. The number of likely N-dealkylation sites (N-methyl/N-ethyl adjacent to an activating group) is 1. The van der Waals surface area contributed by atoms with E-state index in [2.05, 4.69) is 11.0 Å². The van der Waals surface area contributed by atoms with E-state index in [9.17, 15) is 9.90 Å². The number of hydrogen-bond acceptors (Lipinski definition) is 3. The van der Waals surface area contributed by atoms with Gasteiger partial charge in [-0.3, -0.25) is 4.79 Å². The zero-order valence-corrected chi connectivity index (χ0v) is 17.6. The highest BCUT2D eigenvalue weighted by molar-refractivity contribution is 8.04. The molecule has 6 heteroatoms. The number of thioether (sulfide) groups is 1. The molecule has 0 aromatic heterocycles. The molecule has 2 aliphatic heterocycles. The Kier molecular flexibility index (Phi) is 5.08. The normalized spacial score (nSPS) is 23.2. The molecule has 2 unspecified atom stereocenters. The SMILES string of the molecule is CC(C(=O)O)C1=C(c2ccc(Cl)c(Cl)c2)C2=C(CN1C)C1=CCCCC1S2. The van der Waals surface area contributed by atoms with E-state index < -0.39 is 11.9 Å². The third-order valence-electron chi connectivity index (χ3n) is 5.54. The molecular weight excluding hydrogens is 401 g/mol. The molecule has 1 aromatic carbocycles. The molecule has 0 spiro atoms. The molecule has 27 heavy (non-hydrogen) atoms. The van der Waals surface area contributed by atoms with Crippen LogP contribution in [0.3, 0.4) is 0 Å². The lowest BCUT2D eigenvalue weighted by atomic mass is 9.86. The van der Waals surface area contributed by atoms with Crippen LogP contribution in [0.1, 0.15) is 31.7 Å². The van der Waals surface area contributed by atoms with Gasteiger partial charge in [-0.15, -0.1) is 11.8 Å². The van der Waals surface area contributed by atoms with Crippen molar-refractivity contribution in [3.05, 3.63) is 61.6 Å². The van der Waals surface area contributed by atoms with E-state index in [-0.39, 0.29) is 0 Å². The van der Waals surface area contributed by atoms with Gasteiger partial charge in [0.1, 0.15) is 0 Å². The van der Waals surface area contributed by atoms with E-state index in [0.717, 1.165) is 29.8 Å². The van der Waals surface area contributed by atoms with Gasteiger partial charge in [0.2, 0.25) is 0 Å². The van der Waals surface area contributed by atoms with Gasteiger partial charge in [0.05, 0.1) is 16.0 Å². The summed E-state index contributed by atoms with van der Waals surface area (Å²) in [5.74, 6) is -1.43. The fourth-order valence-corrected chi connectivity index (χ4v) is 6.13. The number of benzene rings is 1. The molecule has 142 valence electrons. The van der Waals surface area contributed by atoms with Crippen LogP contribution in [-0.4, -0.2) is 34.8 Å². The van der Waals surface area contributed by atoms with Gasteiger partial charge in [-0.05, 0) is 55.0 Å². The Balaban J connectivity index is 1.94. The van der Waals surface area contributed by atoms with E-state index >= 15 is 0 Å². The van der Waals surface area contributed by atoms with Crippen molar-refractivity contribution in [3.63, 3.8) is 0 Å². The maximum absolute atomic E-state index is 11.8. The Bertz CT molecular complexity index is 919. The predicted octanol–water partition coefficient (Wildman–Crippen LogP) is 5.85. The van der Waals surface area contributed by atoms with Crippen molar-refractivity contribution in [2.75, 3.05) is 13.6 Å². The average Bonchev–Trinajstić information content (AvgIpc) is 3.00. The summed E-state index contributed by atoms with van der Waals surface area (Å²) in [7, 11) is 1.98. The second-order valence-corrected chi connectivity index (χ2v) is 9.34. The highest BCUT2D eigenvalue weighted by atomic mass is 35.5. The topological polar surface area (TPSA) is 40.5 Å². The predicted molar refractivity (Wildman–Crippen MR) is 113 cm³/mol. The first-order valence-electron chi connectivity index (χ1n) is 9.12. The number of allylic oxidation sites excluding steroid dienone is 2. The molecule has 2 heterocycles. The van der Waals surface area contributed by atoms with Gasteiger partial charge in [0, 0.05) is 35.0 Å². The first-order chi connectivity index (χ1) is 12.9. The van der Waals surface area contributed by atoms with Crippen LogP contribution in [0.2, 0.25) is 10.0 Å². The van der Waals surface area contributed by atoms with Gasteiger partial charge in [0.25, 0.3) is 0 Å². The second kappa shape index (κ2) is 7.23. The van der Waals surface area contributed by atoms with Crippen molar-refractivity contribution in [2.24, 2.45) is 5.92 Å². The Morgan fingerprint density at radius 1 is 1.33 bits per heavy atom. The number of fused-ring (bicyclic) bond motifs is 2. The largest absolute Gasteiger partial charge is 0.481 e. The van der Waals surface area contributed by atoms with E-state index in [1.807, 2.05) is 30.9 Å². The number of nitrogens with zero attached hydrogens (tertiary/aromatic N) is 1. The Morgan fingerprint density at radius 2 is 2.11 bits per heavy atom. The minimum absolute atomic E-state index is 0.481. The molecule has 0 radical (unpaired) electrons. The van der Waals surface area contributed by atoms with Crippen molar-refractivity contribution in [1.82, 2.24) is 4.90 Å². The van der Waals surface area contributed by atoms with Crippen LogP contribution in [0.25, 0.3) is 5.57 Å². The molecule has 4 rings (SSSR count). The Morgan fingerprint density at radius 3 is 2.81 bits per heavy atom. The van der Waals surface area contributed by atoms with Crippen LogP contribution in [-0.2, 0) is 4.79 Å². The summed E-state index contributed by atoms with van der Waals surface area (Å²) in [6, 6.07) is 5.59. The maximum Gasteiger partial charge on any atom is 0.312 e. The van der Waals surface area contributed by atoms with Crippen LogP contribution in [0.5, 0.6) is 0 Å². The smallest absolute Gasteiger partial charge is 0.312 e. The van der Waals surface area contributed by atoms with Gasteiger partial charge in [-0.1, -0.05) is 35.3 Å². The standard InChI is InChI=1S/C21H21Cl2NO2S/c1-11(21(25)26)19-18(12-7-8-15(22)16(23)9-12)20-14(10-24(19)2)13-5-3-4-6-17(13)27-20/h5,7-9,11,17H,3-4,6,10H2,1-2H3,(H,25,26). The highest BCUT2D eigenvalue weighted by Crippen LogP contribution is 2.55. The Labute approximate surface area is 173 Å². The van der Waals surface area contributed by atoms with Crippen LogP contribution in [0, 0.1) is 5.92 Å². The lowest BCUT2D eigenvalue weighted by molar-refractivity contribution is -0.140. The fourth-order valence-electron chi connectivity index (χ4n) is 4.23. The molecule has 0 amide bonds. The molecule has 1 N–H and O–H groups in total. The van der Waals surface area contributed by atoms with Crippen molar-refractivity contribution >= 4 is 46.5 Å². The quantitative estimate of drug-likeness (QED) is 0.664. The van der Waals surface area contributed by atoms with Gasteiger partial charge < -0.3 is 10.0 Å². The van der Waals surface area contributed by atoms with Crippen molar-refractivity contribution in [3.8, 4) is 0 Å². The maximum atomic E-state index is 11.8. The van der Waals surface area contributed by atoms with E-state index in [4.69, 9.17) is 23.2 Å². The van der Waals surface area contributed by atoms with Crippen LogP contribution >= 0.6 is 35.0 Å². The first-order valence-corrected chi connectivity index (χ1v) is 10.8. The molecule has 1 aromatic rings. The van der Waals surface area contributed by atoms with Crippen LogP contribution < -0.4 is 0 Å². The number of halogens is 2. The summed E-state index contributed by atoms with van der Waals surface area (Å²) in [6.07, 6.45) is 5.87. The van der Waals surface area contributed by atoms with Crippen molar-refractivity contribution in [2.45, 2.75) is 31.4 Å². The molecule has 3 nitrogen and oxygen atoms in total. The van der Waals surface area contributed by atoms with Gasteiger partial charge in [-0.2, -0.15) is 0 Å². The number of rotatable bonds is 3. The second-order valence-electron chi connectivity index (χ2n) is 7.31. The zero-order valence-electron chi connectivity index (χ0n) is 15.3. The molecule has 0 saturated carbocycles. The van der Waals surface area contributed by atoms with Crippen molar-refractivity contribution < 1.29 is 9.90 Å². The molecule has 3 aliphatic rings. The summed E-state index contributed by atoms with van der Waals surface area (Å²) in [5, 5.41) is 11.2.